The van der Waals surface area contributed by atoms with Crippen molar-refractivity contribution in [3.63, 3.8) is 0 Å². The molecule has 1 aromatic heterocycles. The standard InChI is InChI=1S/C25H21BrN4O2/c1-17(18-8-10-23(11-9-18)30-13-12-27-16-30)28-24(31)20-5-3-7-22(15-20)29-25(32)19-4-2-6-21(26)14-19/h2-17H,1H3,(H,28,31)(H,29,32). The fraction of sp³-hybridized carbons (Fsp3) is 0.0800. The van der Waals surface area contributed by atoms with Crippen molar-refractivity contribution in [3.8, 4) is 5.69 Å². The van der Waals surface area contributed by atoms with Crippen molar-refractivity contribution in [2.45, 2.75) is 13.0 Å². The average Bonchev–Trinajstić information content (AvgIpc) is 3.34. The molecule has 0 aliphatic rings. The van der Waals surface area contributed by atoms with Crippen LogP contribution >= 0.6 is 15.9 Å². The number of nitrogens with zero attached hydrogens (tertiary/aromatic N) is 2. The van der Waals surface area contributed by atoms with E-state index in [9.17, 15) is 9.59 Å². The third kappa shape index (κ3) is 5.12. The number of hydrogen-bond donors (Lipinski definition) is 2. The first-order valence-electron chi connectivity index (χ1n) is 10.1. The highest BCUT2D eigenvalue weighted by molar-refractivity contribution is 9.10. The van der Waals surface area contributed by atoms with Crippen LogP contribution in [0.3, 0.4) is 0 Å². The molecular weight excluding hydrogens is 468 g/mol. The Hall–Kier alpha value is -3.71. The van der Waals surface area contributed by atoms with Gasteiger partial charge in [-0.3, -0.25) is 9.59 Å². The summed E-state index contributed by atoms with van der Waals surface area (Å²) in [5.41, 5.74) is 3.54. The minimum absolute atomic E-state index is 0.181. The topological polar surface area (TPSA) is 76.0 Å². The van der Waals surface area contributed by atoms with Crippen molar-refractivity contribution >= 4 is 33.4 Å². The van der Waals surface area contributed by atoms with Crippen LogP contribution in [-0.4, -0.2) is 21.4 Å². The van der Waals surface area contributed by atoms with E-state index in [-0.39, 0.29) is 17.9 Å². The normalized spacial score (nSPS) is 11.6. The number of rotatable bonds is 6. The summed E-state index contributed by atoms with van der Waals surface area (Å²) in [7, 11) is 0. The van der Waals surface area contributed by atoms with Gasteiger partial charge in [0.25, 0.3) is 11.8 Å². The predicted octanol–water partition coefficient (Wildman–Crippen LogP) is 5.38. The van der Waals surface area contributed by atoms with Gasteiger partial charge in [0.1, 0.15) is 0 Å². The van der Waals surface area contributed by atoms with Crippen LogP contribution in [-0.2, 0) is 0 Å². The Bertz CT molecular complexity index is 1240. The number of nitrogens with one attached hydrogen (secondary N) is 2. The Balaban J connectivity index is 1.41. The molecule has 2 amide bonds. The molecule has 0 saturated heterocycles. The van der Waals surface area contributed by atoms with Crippen molar-refractivity contribution < 1.29 is 9.59 Å². The molecule has 0 radical (unpaired) electrons. The number of imidazole rings is 1. The highest BCUT2D eigenvalue weighted by Crippen LogP contribution is 2.18. The Morgan fingerprint density at radius 2 is 1.66 bits per heavy atom. The number of amides is 2. The zero-order valence-electron chi connectivity index (χ0n) is 17.3. The number of carbonyl (C=O) groups is 2. The van der Waals surface area contributed by atoms with E-state index in [2.05, 4.69) is 31.5 Å². The molecule has 6 nitrogen and oxygen atoms in total. The zero-order chi connectivity index (χ0) is 22.5. The second-order valence-corrected chi connectivity index (χ2v) is 8.22. The maximum atomic E-state index is 12.8. The van der Waals surface area contributed by atoms with Gasteiger partial charge < -0.3 is 15.2 Å². The van der Waals surface area contributed by atoms with Gasteiger partial charge >= 0.3 is 0 Å². The molecule has 3 aromatic carbocycles. The molecule has 0 aliphatic heterocycles. The minimum Gasteiger partial charge on any atom is -0.346 e. The summed E-state index contributed by atoms with van der Waals surface area (Å²) in [5, 5.41) is 5.85. The molecule has 1 heterocycles. The first-order valence-corrected chi connectivity index (χ1v) is 10.8. The van der Waals surface area contributed by atoms with Crippen molar-refractivity contribution in [2.75, 3.05) is 5.32 Å². The van der Waals surface area contributed by atoms with E-state index in [1.807, 2.05) is 48.0 Å². The van der Waals surface area contributed by atoms with Gasteiger partial charge in [0.05, 0.1) is 12.4 Å². The fourth-order valence-corrected chi connectivity index (χ4v) is 3.68. The molecule has 7 heteroatoms. The Morgan fingerprint density at radius 1 is 0.938 bits per heavy atom. The van der Waals surface area contributed by atoms with Gasteiger partial charge in [-0.05, 0) is 61.0 Å². The lowest BCUT2D eigenvalue weighted by Crippen LogP contribution is -2.26. The third-order valence-corrected chi connectivity index (χ3v) is 5.51. The highest BCUT2D eigenvalue weighted by Gasteiger charge is 2.13. The molecular formula is C25H21BrN4O2. The smallest absolute Gasteiger partial charge is 0.255 e. The van der Waals surface area contributed by atoms with Gasteiger partial charge in [-0.2, -0.15) is 0 Å². The van der Waals surface area contributed by atoms with Crippen molar-refractivity contribution in [1.29, 1.82) is 0 Å². The van der Waals surface area contributed by atoms with Crippen LogP contribution in [0.2, 0.25) is 0 Å². The van der Waals surface area contributed by atoms with Crippen molar-refractivity contribution in [3.05, 3.63) is 113 Å². The lowest BCUT2D eigenvalue weighted by molar-refractivity contribution is 0.0938. The molecule has 1 unspecified atom stereocenters. The van der Waals surface area contributed by atoms with Crippen molar-refractivity contribution in [1.82, 2.24) is 14.9 Å². The molecule has 0 spiro atoms. The van der Waals surface area contributed by atoms with Gasteiger partial charge in [-0.15, -0.1) is 0 Å². The number of anilines is 1. The summed E-state index contributed by atoms with van der Waals surface area (Å²) in [5.74, 6) is -0.454. The summed E-state index contributed by atoms with van der Waals surface area (Å²) in [6, 6.07) is 21.8. The number of hydrogen-bond acceptors (Lipinski definition) is 3. The molecule has 0 saturated carbocycles. The maximum Gasteiger partial charge on any atom is 0.255 e. The van der Waals surface area contributed by atoms with Crippen LogP contribution in [0.5, 0.6) is 0 Å². The van der Waals surface area contributed by atoms with E-state index in [0.29, 0.717) is 16.8 Å². The van der Waals surface area contributed by atoms with Gasteiger partial charge in [0, 0.05) is 39.4 Å². The zero-order valence-corrected chi connectivity index (χ0v) is 18.9. The number of carbonyl (C=O) groups excluding carboxylic acids is 2. The summed E-state index contributed by atoms with van der Waals surface area (Å²) in [6.45, 7) is 1.93. The molecule has 32 heavy (non-hydrogen) atoms. The van der Waals surface area contributed by atoms with E-state index >= 15 is 0 Å². The van der Waals surface area contributed by atoms with Gasteiger partial charge in [-0.1, -0.05) is 40.2 Å². The van der Waals surface area contributed by atoms with E-state index < -0.39 is 0 Å². The average molecular weight is 489 g/mol. The molecule has 0 fully saturated rings. The Kier molecular flexibility index (Phi) is 6.47. The maximum absolute atomic E-state index is 12.8. The second kappa shape index (κ2) is 9.62. The minimum atomic E-state index is -0.241. The number of halogens is 1. The largest absolute Gasteiger partial charge is 0.346 e. The van der Waals surface area contributed by atoms with Gasteiger partial charge in [0.15, 0.2) is 0 Å². The number of benzene rings is 3. The van der Waals surface area contributed by atoms with E-state index in [1.165, 1.54) is 0 Å². The summed E-state index contributed by atoms with van der Waals surface area (Å²) < 4.78 is 2.74. The van der Waals surface area contributed by atoms with Gasteiger partial charge in [0.2, 0.25) is 0 Å². The number of aromatic nitrogens is 2. The SMILES string of the molecule is CC(NC(=O)c1cccc(NC(=O)c2cccc(Br)c2)c1)c1ccc(-n2ccnc2)cc1. The molecule has 0 bridgehead atoms. The predicted molar refractivity (Wildman–Crippen MR) is 128 cm³/mol. The summed E-state index contributed by atoms with van der Waals surface area (Å²) in [4.78, 5) is 29.3. The van der Waals surface area contributed by atoms with Crippen molar-refractivity contribution in [2.24, 2.45) is 0 Å². The van der Waals surface area contributed by atoms with Crippen LogP contribution < -0.4 is 10.6 Å². The molecule has 0 aliphatic carbocycles. The van der Waals surface area contributed by atoms with Crippen LogP contribution in [0.1, 0.15) is 39.2 Å². The molecule has 1 atom stereocenters. The first-order chi connectivity index (χ1) is 15.5. The van der Waals surface area contributed by atoms with Crippen LogP contribution in [0.25, 0.3) is 5.69 Å². The molecule has 4 aromatic rings. The first kappa shape index (κ1) is 21.5. The molecule has 160 valence electrons. The summed E-state index contributed by atoms with van der Waals surface area (Å²) >= 11 is 3.37. The molecule has 4 rings (SSSR count). The van der Waals surface area contributed by atoms with Crippen LogP contribution in [0.4, 0.5) is 5.69 Å². The van der Waals surface area contributed by atoms with Crippen LogP contribution in [0, 0.1) is 0 Å². The third-order valence-electron chi connectivity index (χ3n) is 5.01. The van der Waals surface area contributed by atoms with E-state index in [0.717, 1.165) is 15.7 Å². The Morgan fingerprint density at radius 3 is 2.34 bits per heavy atom. The quantitative estimate of drug-likeness (QED) is 0.382. The monoisotopic (exact) mass is 488 g/mol. The van der Waals surface area contributed by atoms with Gasteiger partial charge in [-0.25, -0.2) is 4.98 Å². The second-order valence-electron chi connectivity index (χ2n) is 7.30. The van der Waals surface area contributed by atoms with E-state index in [1.54, 1.807) is 55.0 Å². The van der Waals surface area contributed by atoms with Crippen LogP contribution in [0.15, 0.2) is 96.0 Å². The lowest BCUT2D eigenvalue weighted by Gasteiger charge is -2.15. The highest BCUT2D eigenvalue weighted by atomic mass is 79.9. The lowest BCUT2D eigenvalue weighted by atomic mass is 10.1. The summed E-state index contributed by atoms with van der Waals surface area (Å²) in [6.07, 6.45) is 5.34. The van der Waals surface area contributed by atoms with E-state index in [4.69, 9.17) is 0 Å². The Labute approximate surface area is 194 Å². The molecule has 2 N–H and O–H groups in total. The fourth-order valence-electron chi connectivity index (χ4n) is 3.28.